The van der Waals surface area contributed by atoms with Gasteiger partial charge in [0.05, 0.1) is 0 Å². The molecule has 2 saturated carbocycles. The minimum absolute atomic E-state index is 0.416. The monoisotopic (exact) mass is 322 g/mol. The SMILES string of the molecule is CC(C)c1ccccc1OC1CC(Br)C12CCCC2. The fourth-order valence-corrected chi connectivity index (χ4v) is 4.84. The highest BCUT2D eigenvalue weighted by Gasteiger charge is 2.56. The van der Waals surface area contributed by atoms with Crippen molar-refractivity contribution in [1.82, 2.24) is 0 Å². The molecule has 104 valence electrons. The first-order valence-corrected chi connectivity index (χ1v) is 8.45. The van der Waals surface area contributed by atoms with Gasteiger partial charge in [-0.05, 0) is 36.8 Å². The van der Waals surface area contributed by atoms with E-state index in [0.29, 0.717) is 22.3 Å². The summed E-state index contributed by atoms with van der Waals surface area (Å²) in [5.41, 5.74) is 1.76. The van der Waals surface area contributed by atoms with Crippen molar-refractivity contribution in [3.63, 3.8) is 0 Å². The van der Waals surface area contributed by atoms with Crippen LogP contribution in [-0.2, 0) is 0 Å². The van der Waals surface area contributed by atoms with Crippen LogP contribution >= 0.6 is 15.9 Å². The molecule has 0 aliphatic heterocycles. The van der Waals surface area contributed by atoms with E-state index in [0.717, 1.165) is 12.2 Å². The standard InChI is InChI=1S/C17H23BrO/c1-12(2)13-7-3-4-8-14(13)19-16-11-15(18)17(16)9-5-6-10-17/h3-4,7-8,12,15-16H,5-6,9-11H2,1-2H3. The van der Waals surface area contributed by atoms with E-state index in [4.69, 9.17) is 4.74 Å². The molecule has 2 unspecified atom stereocenters. The van der Waals surface area contributed by atoms with Gasteiger partial charge in [0, 0.05) is 10.2 Å². The smallest absolute Gasteiger partial charge is 0.123 e. The third kappa shape index (κ3) is 2.22. The molecule has 0 amide bonds. The number of hydrogen-bond donors (Lipinski definition) is 0. The number of rotatable bonds is 3. The van der Waals surface area contributed by atoms with Crippen molar-refractivity contribution in [2.45, 2.75) is 62.8 Å². The normalized spacial score (nSPS) is 28.6. The van der Waals surface area contributed by atoms with Crippen LogP contribution in [0.2, 0.25) is 0 Å². The van der Waals surface area contributed by atoms with Crippen LogP contribution in [0, 0.1) is 5.41 Å². The van der Waals surface area contributed by atoms with Crippen LogP contribution in [-0.4, -0.2) is 10.9 Å². The van der Waals surface area contributed by atoms with Crippen molar-refractivity contribution in [2.24, 2.45) is 5.41 Å². The van der Waals surface area contributed by atoms with Crippen molar-refractivity contribution < 1.29 is 4.74 Å². The van der Waals surface area contributed by atoms with Gasteiger partial charge in [-0.1, -0.05) is 60.8 Å². The largest absolute Gasteiger partial charge is 0.489 e. The molecule has 0 radical (unpaired) electrons. The average molecular weight is 323 g/mol. The van der Waals surface area contributed by atoms with E-state index in [2.05, 4.69) is 54.0 Å². The molecule has 2 aliphatic rings. The Balaban J connectivity index is 1.79. The molecule has 0 heterocycles. The maximum Gasteiger partial charge on any atom is 0.123 e. The second kappa shape index (κ2) is 5.12. The van der Waals surface area contributed by atoms with Crippen LogP contribution in [0.5, 0.6) is 5.75 Å². The predicted octanol–water partition coefficient (Wildman–Crippen LogP) is 5.29. The van der Waals surface area contributed by atoms with Crippen LogP contribution in [0.3, 0.4) is 0 Å². The quantitative estimate of drug-likeness (QED) is 0.687. The van der Waals surface area contributed by atoms with Crippen LogP contribution in [0.4, 0.5) is 0 Å². The predicted molar refractivity (Wildman–Crippen MR) is 83.2 cm³/mol. The Morgan fingerprint density at radius 1 is 1.21 bits per heavy atom. The van der Waals surface area contributed by atoms with Crippen molar-refractivity contribution in [3.8, 4) is 5.75 Å². The number of hydrogen-bond acceptors (Lipinski definition) is 1. The molecule has 0 aromatic heterocycles. The van der Waals surface area contributed by atoms with Gasteiger partial charge < -0.3 is 4.74 Å². The molecule has 1 aromatic carbocycles. The van der Waals surface area contributed by atoms with Crippen LogP contribution < -0.4 is 4.74 Å². The minimum Gasteiger partial charge on any atom is -0.489 e. The summed E-state index contributed by atoms with van der Waals surface area (Å²) < 4.78 is 6.42. The van der Waals surface area contributed by atoms with Gasteiger partial charge in [0.1, 0.15) is 11.9 Å². The zero-order valence-corrected chi connectivity index (χ0v) is 13.4. The second-order valence-corrected chi connectivity index (χ2v) is 7.55. The summed E-state index contributed by atoms with van der Waals surface area (Å²) in [6.07, 6.45) is 6.97. The van der Waals surface area contributed by atoms with E-state index in [9.17, 15) is 0 Å². The Bertz CT molecular complexity index is 448. The maximum atomic E-state index is 6.42. The molecule has 0 saturated heterocycles. The summed E-state index contributed by atoms with van der Waals surface area (Å²) in [5, 5.41) is 0. The second-order valence-electron chi connectivity index (χ2n) is 6.44. The Hall–Kier alpha value is -0.500. The molecule has 1 spiro atoms. The first-order valence-electron chi connectivity index (χ1n) is 7.53. The molecule has 2 fully saturated rings. The number of alkyl halides is 1. The maximum absolute atomic E-state index is 6.42. The number of halogens is 1. The van der Waals surface area contributed by atoms with E-state index in [-0.39, 0.29) is 0 Å². The first kappa shape index (κ1) is 13.5. The number of para-hydroxylation sites is 1. The highest BCUT2D eigenvalue weighted by atomic mass is 79.9. The van der Waals surface area contributed by atoms with E-state index in [1.807, 2.05) is 0 Å². The van der Waals surface area contributed by atoms with E-state index in [1.54, 1.807) is 0 Å². The summed E-state index contributed by atoms with van der Waals surface area (Å²) >= 11 is 3.87. The molecule has 3 rings (SSSR count). The first-order chi connectivity index (χ1) is 9.13. The van der Waals surface area contributed by atoms with Gasteiger partial charge in [0.2, 0.25) is 0 Å². The van der Waals surface area contributed by atoms with E-state index >= 15 is 0 Å². The van der Waals surface area contributed by atoms with Gasteiger partial charge >= 0.3 is 0 Å². The molecule has 2 heteroatoms. The zero-order valence-electron chi connectivity index (χ0n) is 11.9. The fraction of sp³-hybridized carbons (Fsp3) is 0.647. The zero-order chi connectivity index (χ0) is 13.5. The molecule has 2 aliphatic carbocycles. The lowest BCUT2D eigenvalue weighted by Crippen LogP contribution is -2.55. The Morgan fingerprint density at radius 2 is 1.89 bits per heavy atom. The summed E-state index contributed by atoms with van der Waals surface area (Å²) in [5.74, 6) is 1.63. The molecular formula is C17H23BrO. The van der Waals surface area contributed by atoms with Crippen LogP contribution in [0.1, 0.15) is 57.4 Å². The third-order valence-electron chi connectivity index (χ3n) is 5.03. The van der Waals surface area contributed by atoms with Gasteiger partial charge in [-0.25, -0.2) is 0 Å². The van der Waals surface area contributed by atoms with Gasteiger partial charge in [0.25, 0.3) is 0 Å². The highest BCUT2D eigenvalue weighted by Crippen LogP contribution is 2.57. The molecule has 0 bridgehead atoms. The molecule has 1 aromatic rings. The molecule has 2 atom stereocenters. The van der Waals surface area contributed by atoms with Crippen LogP contribution in [0.25, 0.3) is 0 Å². The lowest BCUT2D eigenvalue weighted by molar-refractivity contribution is -0.0310. The number of benzene rings is 1. The molecule has 1 nitrogen and oxygen atoms in total. The van der Waals surface area contributed by atoms with Gasteiger partial charge in [-0.2, -0.15) is 0 Å². The van der Waals surface area contributed by atoms with Crippen molar-refractivity contribution in [3.05, 3.63) is 29.8 Å². The molecule has 0 N–H and O–H groups in total. The van der Waals surface area contributed by atoms with Crippen LogP contribution in [0.15, 0.2) is 24.3 Å². The number of ether oxygens (including phenoxy) is 1. The van der Waals surface area contributed by atoms with Crippen molar-refractivity contribution >= 4 is 15.9 Å². The summed E-state index contributed by atoms with van der Waals surface area (Å²) in [4.78, 5) is 0.665. The average Bonchev–Trinajstić information content (AvgIpc) is 2.91. The molecule has 19 heavy (non-hydrogen) atoms. The Kier molecular flexibility index (Phi) is 3.63. The van der Waals surface area contributed by atoms with Gasteiger partial charge in [0.15, 0.2) is 0 Å². The molecular weight excluding hydrogens is 300 g/mol. The van der Waals surface area contributed by atoms with Crippen molar-refractivity contribution in [1.29, 1.82) is 0 Å². The lowest BCUT2D eigenvalue weighted by atomic mass is 9.64. The Morgan fingerprint density at radius 3 is 2.53 bits per heavy atom. The summed E-state index contributed by atoms with van der Waals surface area (Å²) in [7, 11) is 0. The fourth-order valence-electron chi connectivity index (χ4n) is 3.75. The summed E-state index contributed by atoms with van der Waals surface area (Å²) in [6, 6.07) is 8.54. The van der Waals surface area contributed by atoms with Crippen molar-refractivity contribution in [2.75, 3.05) is 0 Å². The Labute approximate surface area is 124 Å². The minimum atomic E-state index is 0.416. The topological polar surface area (TPSA) is 9.23 Å². The van der Waals surface area contributed by atoms with Gasteiger partial charge in [-0.3, -0.25) is 0 Å². The third-order valence-corrected chi connectivity index (χ3v) is 6.32. The van der Waals surface area contributed by atoms with E-state index < -0.39 is 0 Å². The summed E-state index contributed by atoms with van der Waals surface area (Å²) in [6.45, 7) is 4.48. The van der Waals surface area contributed by atoms with Gasteiger partial charge in [-0.15, -0.1) is 0 Å². The lowest BCUT2D eigenvalue weighted by Gasteiger charge is -2.51. The highest BCUT2D eigenvalue weighted by molar-refractivity contribution is 9.09. The van der Waals surface area contributed by atoms with E-state index in [1.165, 1.54) is 31.2 Å².